The largest absolute Gasteiger partial charge is 2.00 e. The minimum Gasteiger partial charge on any atom is -0.358 e. The van der Waals surface area contributed by atoms with Crippen molar-refractivity contribution in [1.82, 2.24) is 0 Å². The van der Waals surface area contributed by atoms with E-state index in [0.717, 1.165) is 0 Å². The molecule has 2 unspecified atom stereocenters. The molecule has 1 radical (unpaired) electrons. The Balaban J connectivity index is -0.000000309. The molecule has 0 aromatic rings. The molecule has 143 valence electrons. The Bertz CT molecular complexity index is 377. The molecule has 0 N–H and O–H groups in total. The van der Waals surface area contributed by atoms with E-state index in [9.17, 15) is 0 Å². The molecule has 1 aliphatic rings. The number of rotatable bonds is 1. The predicted molar refractivity (Wildman–Crippen MR) is 111 cm³/mol. The van der Waals surface area contributed by atoms with E-state index in [-0.39, 0.29) is 26.0 Å². The van der Waals surface area contributed by atoms with E-state index >= 15 is 0 Å². The molecule has 0 aromatic heterocycles. The number of hydrogen-bond donors (Lipinski definition) is 0. The second-order valence-corrected chi connectivity index (χ2v) is 7.47. The Morgan fingerprint density at radius 3 is 1.58 bits per heavy atom. The van der Waals surface area contributed by atoms with Crippen LogP contribution in [-0.2, 0) is 18.6 Å². The van der Waals surface area contributed by atoms with E-state index in [1.54, 1.807) is 5.57 Å². The molecule has 0 fully saturated rings. The molecule has 0 heterocycles. The Hall–Kier alpha value is -0.0656. The molecule has 0 bridgehead atoms. The first-order valence-corrected chi connectivity index (χ1v) is 9.27. The van der Waals surface area contributed by atoms with E-state index < -0.39 is 0 Å². The zero-order valence-corrected chi connectivity index (χ0v) is 20.5. The summed E-state index contributed by atoms with van der Waals surface area (Å²) in [6.45, 7) is 31.0. The normalized spacial score (nSPS) is 20.7. The maximum absolute atomic E-state index is 4.34. The van der Waals surface area contributed by atoms with Crippen LogP contribution in [0.3, 0.4) is 0 Å². The Morgan fingerprint density at radius 1 is 0.917 bits per heavy atom. The van der Waals surface area contributed by atoms with Crippen molar-refractivity contribution in [3.8, 4) is 0 Å². The van der Waals surface area contributed by atoms with Crippen LogP contribution in [0.2, 0.25) is 0 Å². The van der Waals surface area contributed by atoms with Crippen LogP contribution >= 0.6 is 0 Å². The van der Waals surface area contributed by atoms with Gasteiger partial charge in [0.25, 0.3) is 0 Å². The van der Waals surface area contributed by atoms with Gasteiger partial charge in [-0.15, -0.1) is 5.57 Å². The van der Waals surface area contributed by atoms with Gasteiger partial charge >= 0.3 is 18.6 Å². The van der Waals surface area contributed by atoms with Gasteiger partial charge < -0.3 is 7.43 Å². The van der Waals surface area contributed by atoms with E-state index in [4.69, 9.17) is 0 Å². The third-order valence-electron chi connectivity index (χ3n) is 4.94. The van der Waals surface area contributed by atoms with E-state index in [2.05, 4.69) is 62.3 Å². The summed E-state index contributed by atoms with van der Waals surface area (Å²) in [5.74, 6) is 2.04. The van der Waals surface area contributed by atoms with Gasteiger partial charge in [0, 0.05) is 0 Å². The molecule has 1 aliphatic carbocycles. The summed E-state index contributed by atoms with van der Waals surface area (Å²) in [5, 5.41) is 0. The van der Waals surface area contributed by atoms with Gasteiger partial charge in [0.2, 0.25) is 0 Å². The van der Waals surface area contributed by atoms with Crippen LogP contribution < -0.4 is 0 Å². The van der Waals surface area contributed by atoms with Crippen molar-refractivity contribution in [2.24, 2.45) is 23.2 Å². The monoisotopic (exact) mass is 373 g/mol. The maximum Gasteiger partial charge on any atom is 2.00 e. The van der Waals surface area contributed by atoms with Crippen LogP contribution in [0.5, 0.6) is 0 Å². The van der Waals surface area contributed by atoms with Crippen molar-refractivity contribution in [2.45, 2.75) is 89.5 Å². The topological polar surface area (TPSA) is 0 Å². The molecular formula is C23H46V. The standard InChI is InChI=1S/C18H31.2C2H6.CH3.V/c1-11(2)16-10-17(18(7,8)9)15(6)13(4)12(3)14(16)5;2*1-2;;/h11,16-17H,3,10H2,1-2,4-9H3;2*1-2H3;1H3;/q-1;;;-1;+2. The number of hydrogen-bond acceptors (Lipinski definition) is 0. The van der Waals surface area contributed by atoms with Gasteiger partial charge in [-0.25, -0.2) is 0 Å². The maximum atomic E-state index is 4.34. The summed E-state index contributed by atoms with van der Waals surface area (Å²) in [7, 11) is 0. The van der Waals surface area contributed by atoms with Crippen LogP contribution in [0.4, 0.5) is 0 Å². The second-order valence-electron chi connectivity index (χ2n) is 7.47. The molecule has 0 saturated heterocycles. The van der Waals surface area contributed by atoms with Gasteiger partial charge in [0.05, 0.1) is 0 Å². The minimum absolute atomic E-state index is 0. The second kappa shape index (κ2) is 14.1. The van der Waals surface area contributed by atoms with Gasteiger partial charge in [0.15, 0.2) is 0 Å². The summed E-state index contributed by atoms with van der Waals surface area (Å²) < 4.78 is 0. The molecule has 2 atom stereocenters. The van der Waals surface area contributed by atoms with Crippen LogP contribution in [0.1, 0.15) is 89.5 Å². The third-order valence-corrected chi connectivity index (χ3v) is 4.94. The average molecular weight is 374 g/mol. The molecule has 0 aromatic carbocycles. The first kappa shape index (κ1) is 31.7. The smallest absolute Gasteiger partial charge is 0.358 e. The van der Waals surface area contributed by atoms with Crippen molar-refractivity contribution in [2.75, 3.05) is 0 Å². The van der Waals surface area contributed by atoms with Gasteiger partial charge in [-0.2, -0.15) is 23.6 Å². The van der Waals surface area contributed by atoms with Crippen LogP contribution in [0, 0.1) is 37.5 Å². The van der Waals surface area contributed by atoms with Gasteiger partial charge in [-0.05, 0) is 11.3 Å². The zero-order chi connectivity index (χ0) is 18.2. The quantitative estimate of drug-likeness (QED) is 0.405. The van der Waals surface area contributed by atoms with Crippen LogP contribution in [0.15, 0.2) is 22.3 Å². The van der Waals surface area contributed by atoms with Gasteiger partial charge in [0.1, 0.15) is 0 Å². The fourth-order valence-electron chi connectivity index (χ4n) is 3.40. The summed E-state index contributed by atoms with van der Waals surface area (Å²) in [5.41, 5.74) is 6.11. The molecular weight excluding hydrogens is 327 g/mol. The predicted octanol–water partition coefficient (Wildman–Crippen LogP) is 8.31. The Morgan fingerprint density at radius 2 is 1.29 bits per heavy atom. The summed E-state index contributed by atoms with van der Waals surface area (Å²) in [6.07, 6.45) is 1.27. The Labute approximate surface area is 167 Å². The molecule has 0 spiro atoms. The SMILES string of the molecule is CC.CC.[CH2-]C1=C(C)C(C(C)C)CC(C(C)(C)C)C(C)=C1C.[CH3-].[V+2]. The molecule has 0 saturated carbocycles. The van der Waals surface area contributed by atoms with Gasteiger partial charge in [-0.1, -0.05) is 101 Å². The summed E-state index contributed by atoms with van der Waals surface area (Å²) in [6, 6.07) is 0. The van der Waals surface area contributed by atoms with Crippen molar-refractivity contribution in [1.29, 1.82) is 0 Å². The van der Waals surface area contributed by atoms with Crippen molar-refractivity contribution in [3.05, 3.63) is 36.6 Å². The van der Waals surface area contributed by atoms with E-state index in [1.165, 1.54) is 23.1 Å². The van der Waals surface area contributed by atoms with Crippen LogP contribution in [-0.4, -0.2) is 0 Å². The average Bonchev–Trinajstić information content (AvgIpc) is 2.55. The fourth-order valence-corrected chi connectivity index (χ4v) is 3.40. The summed E-state index contributed by atoms with van der Waals surface area (Å²) in [4.78, 5) is 0. The third kappa shape index (κ3) is 8.35. The molecule has 24 heavy (non-hydrogen) atoms. The van der Waals surface area contributed by atoms with E-state index in [1.807, 2.05) is 27.7 Å². The molecule has 0 amide bonds. The number of allylic oxidation sites excluding steroid dienone is 4. The van der Waals surface area contributed by atoms with Crippen LogP contribution in [0.25, 0.3) is 0 Å². The van der Waals surface area contributed by atoms with Gasteiger partial charge in [-0.3, -0.25) is 0 Å². The Kier molecular flexibility index (Phi) is 18.7. The molecule has 0 nitrogen and oxygen atoms in total. The van der Waals surface area contributed by atoms with Crippen molar-refractivity contribution in [3.63, 3.8) is 0 Å². The molecule has 0 aliphatic heterocycles. The zero-order valence-electron chi connectivity index (χ0n) is 19.1. The first-order valence-electron chi connectivity index (χ1n) is 9.27. The molecule has 1 rings (SSSR count). The van der Waals surface area contributed by atoms with E-state index in [0.29, 0.717) is 23.2 Å². The van der Waals surface area contributed by atoms with Crippen molar-refractivity contribution < 1.29 is 18.6 Å². The fraction of sp³-hybridized carbons (Fsp3) is 0.739. The minimum atomic E-state index is 0. The summed E-state index contributed by atoms with van der Waals surface area (Å²) >= 11 is 0. The molecule has 1 heteroatoms. The van der Waals surface area contributed by atoms with Crippen molar-refractivity contribution >= 4 is 0 Å². The first-order chi connectivity index (χ1) is 10.1.